The SMILES string of the molecule is C/C(=C\CCCNC(C)(C)C)C(N)=O. The van der Waals surface area contributed by atoms with Crippen molar-refractivity contribution in [1.82, 2.24) is 5.32 Å². The van der Waals surface area contributed by atoms with Crippen molar-refractivity contribution in [3.05, 3.63) is 11.6 Å². The summed E-state index contributed by atoms with van der Waals surface area (Å²) in [4.78, 5) is 10.7. The summed E-state index contributed by atoms with van der Waals surface area (Å²) in [5.41, 5.74) is 5.92. The molecule has 0 aliphatic carbocycles. The monoisotopic (exact) mass is 198 g/mol. The second-order valence-corrected chi connectivity index (χ2v) is 4.57. The fourth-order valence-corrected chi connectivity index (χ4v) is 0.985. The summed E-state index contributed by atoms with van der Waals surface area (Å²) in [6.45, 7) is 9.12. The molecule has 82 valence electrons. The molecule has 0 aromatic rings. The zero-order valence-corrected chi connectivity index (χ0v) is 9.68. The highest BCUT2D eigenvalue weighted by atomic mass is 16.1. The van der Waals surface area contributed by atoms with Crippen molar-refractivity contribution in [3.8, 4) is 0 Å². The molecule has 0 unspecified atom stereocenters. The summed E-state index contributed by atoms with van der Waals surface area (Å²) in [6, 6.07) is 0. The number of rotatable bonds is 5. The zero-order valence-electron chi connectivity index (χ0n) is 9.68. The number of allylic oxidation sites excluding steroid dienone is 1. The van der Waals surface area contributed by atoms with E-state index < -0.39 is 0 Å². The zero-order chi connectivity index (χ0) is 11.2. The van der Waals surface area contributed by atoms with Crippen LogP contribution in [0.4, 0.5) is 0 Å². The Morgan fingerprint density at radius 1 is 1.43 bits per heavy atom. The molecule has 0 saturated carbocycles. The van der Waals surface area contributed by atoms with Gasteiger partial charge in [0.2, 0.25) is 5.91 Å². The Morgan fingerprint density at radius 2 is 2.00 bits per heavy atom. The van der Waals surface area contributed by atoms with Crippen LogP contribution in [-0.2, 0) is 4.79 Å². The Bertz CT molecular complexity index is 214. The number of amides is 1. The van der Waals surface area contributed by atoms with Gasteiger partial charge in [0.1, 0.15) is 0 Å². The van der Waals surface area contributed by atoms with E-state index in [1.165, 1.54) is 0 Å². The van der Waals surface area contributed by atoms with Crippen LogP contribution in [0, 0.1) is 0 Å². The van der Waals surface area contributed by atoms with Gasteiger partial charge in [-0.1, -0.05) is 6.08 Å². The van der Waals surface area contributed by atoms with E-state index in [9.17, 15) is 4.79 Å². The smallest absolute Gasteiger partial charge is 0.244 e. The van der Waals surface area contributed by atoms with E-state index in [-0.39, 0.29) is 11.4 Å². The van der Waals surface area contributed by atoms with E-state index >= 15 is 0 Å². The number of carbonyl (C=O) groups is 1. The quantitative estimate of drug-likeness (QED) is 0.520. The Morgan fingerprint density at radius 3 is 2.43 bits per heavy atom. The van der Waals surface area contributed by atoms with Crippen LogP contribution in [0.1, 0.15) is 40.5 Å². The van der Waals surface area contributed by atoms with Crippen LogP contribution in [0.15, 0.2) is 11.6 Å². The molecular weight excluding hydrogens is 176 g/mol. The molecule has 0 rings (SSSR count). The minimum absolute atomic E-state index is 0.169. The minimum Gasteiger partial charge on any atom is -0.366 e. The summed E-state index contributed by atoms with van der Waals surface area (Å²) < 4.78 is 0. The van der Waals surface area contributed by atoms with Gasteiger partial charge in [-0.15, -0.1) is 0 Å². The first kappa shape index (κ1) is 13.2. The van der Waals surface area contributed by atoms with Gasteiger partial charge in [-0.05, 0) is 47.1 Å². The molecule has 0 spiro atoms. The van der Waals surface area contributed by atoms with Crippen molar-refractivity contribution in [1.29, 1.82) is 0 Å². The molecule has 0 saturated heterocycles. The number of nitrogens with one attached hydrogen (secondary N) is 1. The predicted molar refractivity (Wildman–Crippen MR) is 59.9 cm³/mol. The number of hydrogen-bond acceptors (Lipinski definition) is 2. The lowest BCUT2D eigenvalue weighted by Gasteiger charge is -2.20. The Labute approximate surface area is 86.8 Å². The third-order valence-corrected chi connectivity index (χ3v) is 1.88. The second kappa shape index (κ2) is 5.81. The number of carbonyl (C=O) groups excluding carboxylic acids is 1. The lowest BCUT2D eigenvalue weighted by atomic mass is 10.1. The van der Waals surface area contributed by atoms with Gasteiger partial charge >= 0.3 is 0 Å². The van der Waals surface area contributed by atoms with Gasteiger partial charge in [0.15, 0.2) is 0 Å². The topological polar surface area (TPSA) is 55.1 Å². The molecule has 3 heteroatoms. The fourth-order valence-electron chi connectivity index (χ4n) is 0.985. The van der Waals surface area contributed by atoms with Crippen molar-refractivity contribution in [3.63, 3.8) is 0 Å². The number of nitrogens with two attached hydrogens (primary N) is 1. The summed E-state index contributed by atoms with van der Waals surface area (Å²) in [6.07, 6.45) is 3.83. The van der Waals surface area contributed by atoms with E-state index in [0.29, 0.717) is 5.57 Å². The van der Waals surface area contributed by atoms with Crippen LogP contribution < -0.4 is 11.1 Å². The second-order valence-electron chi connectivity index (χ2n) is 4.57. The molecule has 1 amide bonds. The molecule has 3 nitrogen and oxygen atoms in total. The maximum atomic E-state index is 10.7. The average Bonchev–Trinajstić information content (AvgIpc) is 2.01. The lowest BCUT2D eigenvalue weighted by molar-refractivity contribution is -0.114. The van der Waals surface area contributed by atoms with Crippen molar-refractivity contribution in [2.75, 3.05) is 6.54 Å². The minimum atomic E-state index is -0.325. The number of hydrogen-bond donors (Lipinski definition) is 2. The average molecular weight is 198 g/mol. The molecule has 0 atom stereocenters. The molecule has 0 aliphatic heterocycles. The van der Waals surface area contributed by atoms with Gasteiger partial charge in [0.25, 0.3) is 0 Å². The maximum absolute atomic E-state index is 10.7. The Hall–Kier alpha value is -0.830. The summed E-state index contributed by atoms with van der Waals surface area (Å²) in [5, 5.41) is 3.38. The van der Waals surface area contributed by atoms with Crippen LogP contribution >= 0.6 is 0 Å². The Balaban J connectivity index is 3.57. The van der Waals surface area contributed by atoms with Crippen molar-refractivity contribution >= 4 is 5.91 Å². The molecule has 0 aromatic carbocycles. The van der Waals surface area contributed by atoms with E-state index in [1.807, 2.05) is 6.08 Å². The summed E-state index contributed by atoms with van der Waals surface area (Å²) in [5.74, 6) is -0.325. The van der Waals surface area contributed by atoms with E-state index in [2.05, 4.69) is 26.1 Å². The van der Waals surface area contributed by atoms with Crippen LogP contribution in [0.3, 0.4) is 0 Å². The van der Waals surface area contributed by atoms with Crippen LogP contribution in [0.5, 0.6) is 0 Å². The normalized spacial score (nSPS) is 13.0. The van der Waals surface area contributed by atoms with Crippen LogP contribution in [0.2, 0.25) is 0 Å². The van der Waals surface area contributed by atoms with Gasteiger partial charge in [-0.3, -0.25) is 4.79 Å². The molecule has 3 N–H and O–H groups in total. The van der Waals surface area contributed by atoms with Crippen molar-refractivity contribution in [2.45, 2.75) is 46.1 Å². The highest BCUT2D eigenvalue weighted by Crippen LogP contribution is 2.01. The highest BCUT2D eigenvalue weighted by Gasteiger charge is 2.06. The first-order chi connectivity index (χ1) is 6.33. The first-order valence-electron chi connectivity index (χ1n) is 5.04. The largest absolute Gasteiger partial charge is 0.366 e. The molecule has 0 heterocycles. The first-order valence-corrected chi connectivity index (χ1v) is 5.04. The van der Waals surface area contributed by atoms with Crippen LogP contribution in [0.25, 0.3) is 0 Å². The lowest BCUT2D eigenvalue weighted by Crippen LogP contribution is -2.36. The molecule has 14 heavy (non-hydrogen) atoms. The number of primary amides is 1. The van der Waals surface area contributed by atoms with Crippen molar-refractivity contribution < 1.29 is 4.79 Å². The van der Waals surface area contributed by atoms with Gasteiger partial charge < -0.3 is 11.1 Å². The molecule has 0 aliphatic rings. The highest BCUT2D eigenvalue weighted by molar-refractivity contribution is 5.91. The molecule has 0 radical (unpaired) electrons. The Kier molecular flexibility index (Phi) is 5.46. The standard InChI is InChI=1S/C11H22N2O/c1-9(10(12)14)7-5-6-8-13-11(2,3)4/h7,13H,5-6,8H2,1-4H3,(H2,12,14)/b9-7+. The van der Waals surface area contributed by atoms with Crippen LogP contribution in [-0.4, -0.2) is 18.0 Å². The third-order valence-electron chi connectivity index (χ3n) is 1.88. The maximum Gasteiger partial charge on any atom is 0.244 e. The van der Waals surface area contributed by atoms with E-state index in [0.717, 1.165) is 19.4 Å². The molecule has 0 aromatic heterocycles. The number of unbranched alkanes of at least 4 members (excludes halogenated alkanes) is 1. The summed E-state index contributed by atoms with van der Waals surface area (Å²) >= 11 is 0. The predicted octanol–water partition coefficient (Wildman–Crippen LogP) is 1.59. The molecule has 0 fully saturated rings. The molecular formula is C11H22N2O. The summed E-state index contributed by atoms with van der Waals surface area (Å²) in [7, 11) is 0. The molecule has 0 bridgehead atoms. The van der Waals surface area contributed by atoms with E-state index in [1.54, 1.807) is 6.92 Å². The van der Waals surface area contributed by atoms with E-state index in [4.69, 9.17) is 5.73 Å². The van der Waals surface area contributed by atoms with Gasteiger partial charge in [0, 0.05) is 11.1 Å². The third kappa shape index (κ3) is 7.80. The van der Waals surface area contributed by atoms with Gasteiger partial charge in [-0.25, -0.2) is 0 Å². The van der Waals surface area contributed by atoms with Crippen molar-refractivity contribution in [2.24, 2.45) is 5.73 Å². The fraction of sp³-hybridized carbons (Fsp3) is 0.727. The van der Waals surface area contributed by atoms with Gasteiger partial charge in [-0.2, -0.15) is 0 Å². The van der Waals surface area contributed by atoms with Gasteiger partial charge in [0.05, 0.1) is 0 Å².